The van der Waals surface area contributed by atoms with Gasteiger partial charge in [-0.2, -0.15) is 0 Å². The highest BCUT2D eigenvalue weighted by Crippen LogP contribution is 2.31. The predicted molar refractivity (Wildman–Crippen MR) is 70.9 cm³/mol. The largest absolute Gasteiger partial charge is 0.493 e. The summed E-state index contributed by atoms with van der Waals surface area (Å²) in [6.45, 7) is 5.79. The molecule has 0 spiro atoms. The van der Waals surface area contributed by atoms with Crippen LogP contribution < -0.4 is 4.74 Å². The number of fused-ring (bicyclic) bond motifs is 1. The fourth-order valence-corrected chi connectivity index (χ4v) is 1.82. The highest BCUT2D eigenvalue weighted by Gasteiger charge is 2.23. The molecule has 96 valence electrons. The van der Waals surface area contributed by atoms with Crippen LogP contribution in [0.15, 0.2) is 28.9 Å². The molecule has 2 aromatic rings. The monoisotopic (exact) mass is 246 g/mol. The van der Waals surface area contributed by atoms with Crippen molar-refractivity contribution in [3.63, 3.8) is 0 Å². The lowest BCUT2D eigenvalue weighted by Gasteiger charge is -2.15. The summed E-state index contributed by atoms with van der Waals surface area (Å²) in [5, 5.41) is 0.951. The van der Waals surface area contributed by atoms with Gasteiger partial charge in [-0.05, 0) is 6.07 Å². The highest BCUT2D eigenvalue weighted by molar-refractivity contribution is 5.92. The summed E-state index contributed by atoms with van der Waals surface area (Å²) < 4.78 is 10.7. The van der Waals surface area contributed by atoms with E-state index < -0.39 is 0 Å². The van der Waals surface area contributed by atoms with E-state index in [0.29, 0.717) is 17.8 Å². The molecular weight excluding hydrogens is 228 g/mol. The Hall–Kier alpha value is -1.77. The number of carbonyl (C=O) groups is 1. The third kappa shape index (κ3) is 2.26. The summed E-state index contributed by atoms with van der Waals surface area (Å²) >= 11 is 0. The van der Waals surface area contributed by atoms with Crippen molar-refractivity contribution in [3.05, 3.63) is 30.0 Å². The van der Waals surface area contributed by atoms with Gasteiger partial charge in [-0.1, -0.05) is 32.9 Å². The van der Waals surface area contributed by atoms with Crippen LogP contribution in [0.1, 0.15) is 26.3 Å². The predicted octanol–water partition coefficient (Wildman–Crippen LogP) is 3.60. The summed E-state index contributed by atoms with van der Waals surface area (Å²) in [6.07, 6.45) is 2.04. The van der Waals surface area contributed by atoms with Crippen LogP contribution in [-0.2, 0) is 11.2 Å². The van der Waals surface area contributed by atoms with Crippen molar-refractivity contribution in [2.24, 2.45) is 5.41 Å². The molecule has 3 nitrogen and oxygen atoms in total. The van der Waals surface area contributed by atoms with Gasteiger partial charge in [0, 0.05) is 22.8 Å². The second-order valence-corrected chi connectivity index (χ2v) is 5.45. The van der Waals surface area contributed by atoms with Crippen LogP contribution in [0.4, 0.5) is 0 Å². The van der Waals surface area contributed by atoms with Gasteiger partial charge < -0.3 is 9.15 Å². The van der Waals surface area contributed by atoms with Gasteiger partial charge in [0.05, 0.1) is 13.4 Å². The number of ether oxygens (including phenoxy) is 1. The molecule has 0 fully saturated rings. The molecule has 0 atom stereocenters. The zero-order valence-corrected chi connectivity index (χ0v) is 11.2. The number of carbonyl (C=O) groups excluding carboxylic acids is 1. The van der Waals surface area contributed by atoms with Gasteiger partial charge >= 0.3 is 0 Å². The molecule has 0 bridgehead atoms. The summed E-state index contributed by atoms with van der Waals surface area (Å²) in [4.78, 5) is 12.1. The van der Waals surface area contributed by atoms with Crippen molar-refractivity contribution in [2.45, 2.75) is 27.2 Å². The first-order chi connectivity index (χ1) is 8.43. The summed E-state index contributed by atoms with van der Waals surface area (Å²) in [7, 11) is 1.61. The van der Waals surface area contributed by atoms with Crippen molar-refractivity contribution in [2.75, 3.05) is 7.11 Å². The minimum absolute atomic E-state index is 0.202. The molecule has 3 heteroatoms. The number of benzene rings is 1. The molecule has 18 heavy (non-hydrogen) atoms. The molecule has 1 heterocycles. The van der Waals surface area contributed by atoms with Gasteiger partial charge in [-0.15, -0.1) is 0 Å². The van der Waals surface area contributed by atoms with E-state index in [2.05, 4.69) is 0 Å². The van der Waals surface area contributed by atoms with Crippen molar-refractivity contribution in [3.8, 4) is 5.75 Å². The van der Waals surface area contributed by atoms with Crippen LogP contribution in [0.2, 0.25) is 0 Å². The fraction of sp³-hybridized carbons (Fsp3) is 0.400. The molecule has 1 aromatic carbocycles. The van der Waals surface area contributed by atoms with Crippen molar-refractivity contribution >= 4 is 16.8 Å². The van der Waals surface area contributed by atoms with Crippen LogP contribution in [0.5, 0.6) is 5.75 Å². The molecular formula is C15H18O3. The smallest absolute Gasteiger partial charge is 0.175 e. The summed E-state index contributed by atoms with van der Waals surface area (Å²) in [5.74, 6) is 0.898. The normalized spacial score (nSPS) is 11.8. The van der Waals surface area contributed by atoms with E-state index in [1.807, 2.05) is 39.0 Å². The number of hydrogen-bond donors (Lipinski definition) is 0. The van der Waals surface area contributed by atoms with E-state index in [4.69, 9.17) is 9.15 Å². The first-order valence-corrected chi connectivity index (χ1v) is 6.00. The zero-order valence-electron chi connectivity index (χ0n) is 11.2. The van der Waals surface area contributed by atoms with Gasteiger partial charge in [0.25, 0.3) is 0 Å². The Kier molecular flexibility index (Phi) is 3.16. The van der Waals surface area contributed by atoms with Crippen LogP contribution in [0, 0.1) is 5.41 Å². The van der Waals surface area contributed by atoms with Gasteiger partial charge in [-0.25, -0.2) is 0 Å². The Morgan fingerprint density at radius 1 is 1.33 bits per heavy atom. The Morgan fingerprint density at radius 3 is 2.67 bits per heavy atom. The first-order valence-electron chi connectivity index (χ1n) is 6.00. The van der Waals surface area contributed by atoms with E-state index in [1.54, 1.807) is 13.4 Å². The van der Waals surface area contributed by atoms with E-state index in [1.165, 1.54) is 0 Å². The maximum atomic E-state index is 12.1. The molecule has 0 amide bonds. The molecule has 0 aliphatic carbocycles. The molecule has 0 aliphatic heterocycles. The molecule has 0 N–H and O–H groups in total. The average molecular weight is 246 g/mol. The maximum absolute atomic E-state index is 12.1. The van der Waals surface area contributed by atoms with Crippen molar-refractivity contribution in [1.82, 2.24) is 0 Å². The lowest BCUT2D eigenvalue weighted by Crippen LogP contribution is -2.21. The quantitative estimate of drug-likeness (QED) is 0.830. The van der Waals surface area contributed by atoms with Gasteiger partial charge in [0.1, 0.15) is 5.78 Å². The molecule has 0 radical (unpaired) electrons. The van der Waals surface area contributed by atoms with Gasteiger partial charge in [0.2, 0.25) is 0 Å². The highest BCUT2D eigenvalue weighted by atomic mass is 16.5. The SMILES string of the molecule is COc1cccc2c(CC(=O)C(C)(C)C)coc12. The number of furan rings is 1. The minimum atomic E-state index is -0.331. The molecule has 0 saturated heterocycles. The Morgan fingerprint density at radius 2 is 2.06 bits per heavy atom. The second kappa shape index (κ2) is 4.48. The first kappa shape index (κ1) is 12.7. The van der Waals surface area contributed by atoms with Crippen LogP contribution >= 0.6 is 0 Å². The van der Waals surface area contributed by atoms with E-state index in [9.17, 15) is 4.79 Å². The van der Waals surface area contributed by atoms with Crippen LogP contribution in [-0.4, -0.2) is 12.9 Å². The number of rotatable bonds is 3. The molecule has 1 aromatic heterocycles. The van der Waals surface area contributed by atoms with Crippen molar-refractivity contribution < 1.29 is 13.9 Å². The topological polar surface area (TPSA) is 39.4 Å². The molecule has 2 rings (SSSR count). The molecule has 0 saturated carbocycles. The fourth-order valence-electron chi connectivity index (χ4n) is 1.82. The van der Waals surface area contributed by atoms with E-state index >= 15 is 0 Å². The third-order valence-electron chi connectivity index (χ3n) is 3.05. The van der Waals surface area contributed by atoms with Crippen LogP contribution in [0.25, 0.3) is 11.0 Å². The lowest BCUT2D eigenvalue weighted by molar-refractivity contribution is -0.125. The molecule has 0 unspecified atom stereocenters. The number of methoxy groups -OCH3 is 1. The van der Waals surface area contributed by atoms with Gasteiger partial charge in [0.15, 0.2) is 11.3 Å². The number of ketones is 1. The second-order valence-electron chi connectivity index (χ2n) is 5.45. The summed E-state index contributed by atoms with van der Waals surface area (Å²) in [5.41, 5.74) is 1.29. The molecule has 0 aliphatic rings. The van der Waals surface area contributed by atoms with E-state index in [0.717, 1.165) is 10.9 Å². The van der Waals surface area contributed by atoms with Gasteiger partial charge in [-0.3, -0.25) is 4.79 Å². The third-order valence-corrected chi connectivity index (χ3v) is 3.05. The standard InChI is InChI=1S/C15H18O3/c1-15(2,3)13(16)8-10-9-18-14-11(10)6-5-7-12(14)17-4/h5-7,9H,8H2,1-4H3. The Labute approximate surface area is 107 Å². The minimum Gasteiger partial charge on any atom is -0.493 e. The average Bonchev–Trinajstić information content (AvgIpc) is 2.71. The zero-order chi connectivity index (χ0) is 13.3. The number of hydrogen-bond acceptors (Lipinski definition) is 3. The van der Waals surface area contributed by atoms with Crippen LogP contribution in [0.3, 0.4) is 0 Å². The Balaban J connectivity index is 2.39. The summed E-state index contributed by atoms with van der Waals surface area (Å²) in [6, 6.07) is 5.70. The lowest BCUT2D eigenvalue weighted by atomic mass is 9.87. The van der Waals surface area contributed by atoms with Crippen molar-refractivity contribution in [1.29, 1.82) is 0 Å². The Bertz CT molecular complexity index is 573. The number of para-hydroxylation sites is 1. The van der Waals surface area contributed by atoms with E-state index in [-0.39, 0.29) is 11.2 Å². The maximum Gasteiger partial charge on any atom is 0.175 e. The number of Topliss-reactive ketones (excluding diaryl/α,β-unsaturated/α-hetero) is 1.